The Labute approximate surface area is 201 Å². The number of imide groups is 1. The van der Waals surface area contributed by atoms with E-state index in [4.69, 9.17) is 21.1 Å². The quantitative estimate of drug-likeness (QED) is 0.326. The van der Waals surface area contributed by atoms with Gasteiger partial charge in [0.05, 0.1) is 24.7 Å². The van der Waals surface area contributed by atoms with E-state index in [1.807, 2.05) is 6.92 Å². The first kappa shape index (κ1) is 27.0. The zero-order valence-electron chi connectivity index (χ0n) is 19.1. The number of hydrogen-bond acceptors (Lipinski definition) is 7. The van der Waals surface area contributed by atoms with Gasteiger partial charge in [0.2, 0.25) is 11.0 Å². The Bertz CT molecular complexity index is 942. The molecule has 0 aromatic carbocycles. The molecule has 182 valence electrons. The first-order chi connectivity index (χ1) is 15.7. The summed E-state index contributed by atoms with van der Waals surface area (Å²) in [7, 11) is 0. The summed E-state index contributed by atoms with van der Waals surface area (Å²) in [4.78, 5) is 51.1. The second kappa shape index (κ2) is 12.8. The van der Waals surface area contributed by atoms with Crippen LogP contribution in [0.5, 0.6) is 0 Å². The molecule has 0 aliphatic heterocycles. The maximum atomic E-state index is 14.9. The molecule has 0 saturated carbocycles. The lowest BCUT2D eigenvalue weighted by molar-refractivity contribution is -0.142. The van der Waals surface area contributed by atoms with Crippen molar-refractivity contribution in [2.75, 3.05) is 18.1 Å². The maximum Gasteiger partial charge on any atom is 0.334 e. The number of nitrogens with zero attached hydrogens (tertiary/aromatic N) is 1. The average molecular weight is 502 g/mol. The second-order valence-electron chi connectivity index (χ2n) is 7.61. The van der Waals surface area contributed by atoms with Crippen LogP contribution in [0.4, 0.5) is 10.1 Å². The second-order valence-corrected chi connectivity index (χ2v) is 9.04. The van der Waals surface area contributed by atoms with Gasteiger partial charge in [-0.25, -0.2) is 9.69 Å². The summed E-state index contributed by atoms with van der Waals surface area (Å²) in [5.74, 6) is -2.74. The molecular formula is C23H29ClFNO6S. The highest BCUT2D eigenvalue weighted by molar-refractivity contribution is 7.11. The molecule has 0 N–H and O–H groups in total. The van der Waals surface area contributed by atoms with Crippen molar-refractivity contribution >= 4 is 52.4 Å². The first-order valence-electron chi connectivity index (χ1n) is 11.1. The number of amides is 2. The normalized spacial score (nSPS) is 13.6. The van der Waals surface area contributed by atoms with Crippen molar-refractivity contribution in [1.29, 1.82) is 0 Å². The van der Waals surface area contributed by atoms with E-state index in [0.717, 1.165) is 26.2 Å². The largest absolute Gasteiger partial charge is 0.466 e. The molecule has 0 spiro atoms. The fraction of sp³-hybridized carbons (Fsp3) is 0.565. The van der Waals surface area contributed by atoms with Crippen molar-refractivity contribution < 1.29 is 33.0 Å². The smallest absolute Gasteiger partial charge is 0.334 e. The van der Waals surface area contributed by atoms with Gasteiger partial charge in [-0.1, -0.05) is 31.4 Å². The summed E-state index contributed by atoms with van der Waals surface area (Å²) in [6.07, 6.45) is 4.28. The lowest BCUT2D eigenvalue weighted by Gasteiger charge is -2.24. The SMILES string of the molecule is CCCCCOC(=O)C1=C(C(=O)N(C(C)=O)c2c(F)sc(CC(=O)OCC)c2Cl)CCCC1. The van der Waals surface area contributed by atoms with Gasteiger partial charge in [0.1, 0.15) is 5.69 Å². The number of rotatable bonds is 10. The molecule has 10 heteroatoms. The van der Waals surface area contributed by atoms with Crippen LogP contribution in [-0.4, -0.2) is 37.0 Å². The van der Waals surface area contributed by atoms with Gasteiger partial charge in [-0.2, -0.15) is 4.39 Å². The van der Waals surface area contributed by atoms with E-state index in [2.05, 4.69) is 0 Å². The third-order valence-corrected chi connectivity index (χ3v) is 6.64. The van der Waals surface area contributed by atoms with Crippen LogP contribution in [-0.2, 0) is 35.1 Å². The number of carbonyl (C=O) groups is 4. The lowest BCUT2D eigenvalue weighted by atomic mass is 9.90. The van der Waals surface area contributed by atoms with E-state index < -0.39 is 34.6 Å². The van der Waals surface area contributed by atoms with Crippen LogP contribution in [0.2, 0.25) is 5.02 Å². The van der Waals surface area contributed by atoms with Crippen molar-refractivity contribution in [3.05, 3.63) is 26.2 Å². The van der Waals surface area contributed by atoms with Gasteiger partial charge < -0.3 is 9.47 Å². The Morgan fingerprint density at radius 3 is 2.33 bits per heavy atom. The van der Waals surface area contributed by atoms with E-state index in [0.29, 0.717) is 35.5 Å². The number of ether oxygens (including phenoxy) is 2. The number of halogens is 2. The molecule has 1 aliphatic rings. The molecule has 1 heterocycles. The van der Waals surface area contributed by atoms with E-state index in [1.165, 1.54) is 0 Å². The van der Waals surface area contributed by atoms with Gasteiger partial charge in [0.25, 0.3) is 5.91 Å². The van der Waals surface area contributed by atoms with Crippen molar-refractivity contribution in [3.8, 4) is 0 Å². The highest BCUT2D eigenvalue weighted by atomic mass is 35.5. The Morgan fingerprint density at radius 1 is 1.06 bits per heavy atom. The number of unbranched alkanes of at least 4 members (excludes halogenated alkanes) is 2. The average Bonchev–Trinajstić information content (AvgIpc) is 3.04. The molecule has 0 unspecified atom stereocenters. The van der Waals surface area contributed by atoms with Gasteiger partial charge in [0, 0.05) is 22.9 Å². The third-order valence-electron chi connectivity index (χ3n) is 5.16. The fourth-order valence-electron chi connectivity index (χ4n) is 3.57. The molecule has 1 aromatic rings. The van der Waals surface area contributed by atoms with Crippen molar-refractivity contribution in [2.24, 2.45) is 0 Å². The number of carbonyl (C=O) groups excluding carboxylic acids is 4. The molecule has 0 fully saturated rings. The van der Waals surface area contributed by atoms with Gasteiger partial charge >= 0.3 is 11.9 Å². The fourth-order valence-corrected chi connectivity index (χ4v) is 4.86. The molecule has 0 bridgehead atoms. The van der Waals surface area contributed by atoms with Crippen LogP contribution < -0.4 is 4.90 Å². The topological polar surface area (TPSA) is 90.0 Å². The number of anilines is 1. The van der Waals surface area contributed by atoms with Crippen LogP contribution in [0.3, 0.4) is 0 Å². The minimum Gasteiger partial charge on any atom is -0.466 e. The number of esters is 2. The van der Waals surface area contributed by atoms with E-state index in [-0.39, 0.29) is 47.1 Å². The third kappa shape index (κ3) is 6.86. The Hall–Kier alpha value is -2.26. The van der Waals surface area contributed by atoms with Crippen molar-refractivity contribution in [2.45, 2.75) is 72.1 Å². The summed E-state index contributed by atoms with van der Waals surface area (Å²) in [6, 6.07) is 0. The molecule has 0 radical (unpaired) electrons. The van der Waals surface area contributed by atoms with Gasteiger partial charge in [-0.05, 0) is 39.0 Å². The number of thiophene rings is 1. The Morgan fingerprint density at radius 2 is 1.73 bits per heavy atom. The summed E-state index contributed by atoms with van der Waals surface area (Å²) in [5.41, 5.74) is -0.0646. The summed E-state index contributed by atoms with van der Waals surface area (Å²) in [5, 5.41) is -1.07. The van der Waals surface area contributed by atoms with Crippen LogP contribution in [0, 0.1) is 5.13 Å². The molecular weight excluding hydrogens is 473 g/mol. The monoisotopic (exact) mass is 501 g/mol. The Kier molecular flexibility index (Phi) is 10.5. The van der Waals surface area contributed by atoms with E-state index in [9.17, 15) is 23.6 Å². The van der Waals surface area contributed by atoms with Crippen LogP contribution in [0.1, 0.15) is 70.6 Å². The highest BCUT2D eigenvalue weighted by Gasteiger charge is 2.35. The molecule has 1 aromatic heterocycles. The molecule has 33 heavy (non-hydrogen) atoms. The van der Waals surface area contributed by atoms with Crippen LogP contribution in [0.15, 0.2) is 11.1 Å². The predicted molar refractivity (Wildman–Crippen MR) is 124 cm³/mol. The molecule has 0 atom stereocenters. The van der Waals surface area contributed by atoms with E-state index in [1.54, 1.807) is 6.92 Å². The van der Waals surface area contributed by atoms with E-state index >= 15 is 0 Å². The number of hydrogen-bond donors (Lipinski definition) is 0. The summed E-state index contributed by atoms with van der Waals surface area (Å²) in [6.45, 7) is 5.19. The standard InChI is InChI=1S/C23H29ClFNO6S/c1-4-6-9-12-32-23(30)16-11-8-7-10-15(16)22(29)26(14(3)27)20-19(24)17(33-21(20)25)13-18(28)31-5-2/h4-13H2,1-3H3. The predicted octanol–water partition coefficient (Wildman–Crippen LogP) is 5.13. The summed E-state index contributed by atoms with van der Waals surface area (Å²) < 4.78 is 25.1. The molecule has 7 nitrogen and oxygen atoms in total. The maximum absolute atomic E-state index is 14.9. The molecule has 0 saturated heterocycles. The minimum atomic E-state index is -0.872. The van der Waals surface area contributed by atoms with Crippen LogP contribution in [0.25, 0.3) is 0 Å². The zero-order chi connectivity index (χ0) is 24.5. The van der Waals surface area contributed by atoms with Gasteiger partial charge in [-0.15, -0.1) is 11.3 Å². The lowest BCUT2D eigenvalue weighted by Crippen LogP contribution is -2.38. The molecule has 2 amide bonds. The Balaban J connectivity index is 2.38. The molecule has 2 rings (SSSR count). The minimum absolute atomic E-state index is 0.130. The van der Waals surface area contributed by atoms with Crippen molar-refractivity contribution in [1.82, 2.24) is 0 Å². The van der Waals surface area contributed by atoms with Gasteiger partial charge in [0.15, 0.2) is 0 Å². The highest BCUT2D eigenvalue weighted by Crippen LogP contribution is 2.41. The van der Waals surface area contributed by atoms with Crippen molar-refractivity contribution in [3.63, 3.8) is 0 Å². The summed E-state index contributed by atoms with van der Waals surface area (Å²) >= 11 is 6.88. The molecule has 1 aliphatic carbocycles. The van der Waals surface area contributed by atoms with Crippen LogP contribution >= 0.6 is 22.9 Å². The van der Waals surface area contributed by atoms with Gasteiger partial charge in [-0.3, -0.25) is 14.4 Å². The zero-order valence-corrected chi connectivity index (χ0v) is 20.7. The first-order valence-corrected chi connectivity index (χ1v) is 12.3.